The van der Waals surface area contributed by atoms with Crippen LogP contribution in [-0.2, 0) is 9.59 Å². The van der Waals surface area contributed by atoms with E-state index in [4.69, 9.17) is 5.11 Å². The van der Waals surface area contributed by atoms with Crippen molar-refractivity contribution in [2.24, 2.45) is 5.92 Å². The zero-order valence-corrected chi connectivity index (χ0v) is 13.1. The van der Waals surface area contributed by atoms with Crippen molar-refractivity contribution in [2.75, 3.05) is 13.1 Å². The third-order valence-corrected chi connectivity index (χ3v) is 3.06. The molecule has 3 amide bonds. The molecule has 4 N–H and O–H groups in total. The summed E-state index contributed by atoms with van der Waals surface area (Å²) in [7, 11) is 0. The highest BCUT2D eigenvalue weighted by Gasteiger charge is 2.12. The first-order valence-corrected chi connectivity index (χ1v) is 7.40. The Kier molecular flexibility index (Phi) is 10.0. The number of rotatable bonds is 10. The molecule has 21 heavy (non-hydrogen) atoms. The molecule has 0 aliphatic heterocycles. The monoisotopic (exact) mass is 301 g/mol. The molecule has 0 saturated carbocycles. The second kappa shape index (κ2) is 10.9. The van der Waals surface area contributed by atoms with E-state index in [0.717, 1.165) is 12.8 Å². The number of aliphatic carboxylic acids is 1. The fourth-order valence-corrected chi connectivity index (χ4v) is 1.69. The van der Waals surface area contributed by atoms with Crippen LogP contribution in [0, 0.1) is 5.92 Å². The van der Waals surface area contributed by atoms with Gasteiger partial charge in [0.1, 0.15) is 0 Å². The highest BCUT2D eigenvalue weighted by Crippen LogP contribution is 2.09. The van der Waals surface area contributed by atoms with Crippen molar-refractivity contribution in [3.63, 3.8) is 0 Å². The second-order valence-electron chi connectivity index (χ2n) is 5.25. The van der Waals surface area contributed by atoms with Crippen LogP contribution in [0.3, 0.4) is 0 Å². The molecule has 7 nitrogen and oxygen atoms in total. The molecule has 7 heteroatoms. The summed E-state index contributed by atoms with van der Waals surface area (Å²) in [5.41, 5.74) is 0. The number of carbonyl (C=O) groups excluding carboxylic acids is 2. The summed E-state index contributed by atoms with van der Waals surface area (Å²) < 4.78 is 0. The predicted molar refractivity (Wildman–Crippen MR) is 79.9 cm³/mol. The molecule has 0 radical (unpaired) electrons. The maximum absolute atomic E-state index is 11.5. The first-order chi connectivity index (χ1) is 9.86. The predicted octanol–water partition coefficient (Wildman–Crippen LogP) is 1.09. The van der Waals surface area contributed by atoms with Crippen LogP contribution in [0.1, 0.15) is 46.5 Å². The van der Waals surface area contributed by atoms with E-state index in [2.05, 4.69) is 16.0 Å². The van der Waals surface area contributed by atoms with Gasteiger partial charge in [-0.2, -0.15) is 0 Å². The SMILES string of the molecule is CCCNC(=O)CNC(=O)NC(C)CCCC(C)C(=O)O. The van der Waals surface area contributed by atoms with Crippen molar-refractivity contribution in [3.8, 4) is 0 Å². The van der Waals surface area contributed by atoms with Crippen molar-refractivity contribution < 1.29 is 19.5 Å². The van der Waals surface area contributed by atoms with Gasteiger partial charge in [0.2, 0.25) is 5.91 Å². The first-order valence-electron chi connectivity index (χ1n) is 7.40. The highest BCUT2D eigenvalue weighted by molar-refractivity contribution is 5.83. The van der Waals surface area contributed by atoms with Crippen molar-refractivity contribution in [1.29, 1.82) is 0 Å². The molecular formula is C14H27N3O4. The lowest BCUT2D eigenvalue weighted by molar-refractivity contribution is -0.141. The van der Waals surface area contributed by atoms with E-state index < -0.39 is 5.97 Å². The van der Waals surface area contributed by atoms with E-state index in [0.29, 0.717) is 19.4 Å². The molecule has 0 aliphatic carbocycles. The van der Waals surface area contributed by atoms with Gasteiger partial charge in [0, 0.05) is 12.6 Å². The van der Waals surface area contributed by atoms with Gasteiger partial charge >= 0.3 is 12.0 Å². The largest absolute Gasteiger partial charge is 0.481 e. The van der Waals surface area contributed by atoms with Gasteiger partial charge in [-0.1, -0.05) is 20.3 Å². The number of carboxylic acids is 1. The molecule has 0 aromatic heterocycles. The molecule has 0 rings (SSSR count). The lowest BCUT2D eigenvalue weighted by atomic mass is 10.0. The molecule has 0 saturated heterocycles. The van der Waals surface area contributed by atoms with E-state index in [1.54, 1.807) is 6.92 Å². The minimum absolute atomic E-state index is 0.0470. The molecule has 0 heterocycles. The fourth-order valence-electron chi connectivity index (χ4n) is 1.69. The van der Waals surface area contributed by atoms with Crippen LogP contribution in [0.4, 0.5) is 4.79 Å². The van der Waals surface area contributed by atoms with E-state index in [-0.39, 0.29) is 30.4 Å². The minimum Gasteiger partial charge on any atom is -0.481 e. The molecule has 0 aliphatic rings. The van der Waals surface area contributed by atoms with E-state index in [9.17, 15) is 14.4 Å². The fraction of sp³-hybridized carbons (Fsp3) is 0.786. The maximum Gasteiger partial charge on any atom is 0.315 e. The normalized spacial score (nSPS) is 13.1. The summed E-state index contributed by atoms with van der Waals surface area (Å²) >= 11 is 0. The molecule has 0 aromatic carbocycles. The Morgan fingerprint density at radius 2 is 1.76 bits per heavy atom. The summed E-state index contributed by atoms with van der Waals surface area (Å²) in [4.78, 5) is 33.5. The van der Waals surface area contributed by atoms with Crippen LogP contribution in [0.25, 0.3) is 0 Å². The number of hydrogen-bond donors (Lipinski definition) is 4. The Hall–Kier alpha value is -1.79. The third-order valence-electron chi connectivity index (χ3n) is 3.06. The smallest absolute Gasteiger partial charge is 0.315 e. The average molecular weight is 301 g/mol. The van der Waals surface area contributed by atoms with Crippen LogP contribution in [0.2, 0.25) is 0 Å². The Bertz CT molecular complexity index is 347. The first kappa shape index (κ1) is 19.2. The Balaban J connectivity index is 3.74. The second-order valence-corrected chi connectivity index (χ2v) is 5.25. The van der Waals surface area contributed by atoms with Gasteiger partial charge in [0.05, 0.1) is 12.5 Å². The lowest BCUT2D eigenvalue weighted by Crippen LogP contribution is -2.45. The van der Waals surface area contributed by atoms with Crippen molar-refractivity contribution in [3.05, 3.63) is 0 Å². The van der Waals surface area contributed by atoms with Crippen LogP contribution >= 0.6 is 0 Å². The number of carboxylic acid groups (broad SMARTS) is 1. The molecule has 0 bridgehead atoms. The van der Waals surface area contributed by atoms with Crippen LogP contribution in [-0.4, -0.2) is 42.1 Å². The standard InChI is InChI=1S/C14H27N3O4/c1-4-8-15-12(18)9-16-14(21)17-11(3)7-5-6-10(2)13(19)20/h10-11H,4-9H2,1-3H3,(H,15,18)(H,19,20)(H2,16,17,21). The maximum atomic E-state index is 11.5. The minimum atomic E-state index is -0.800. The zero-order chi connectivity index (χ0) is 16.3. The Morgan fingerprint density at radius 1 is 1.10 bits per heavy atom. The van der Waals surface area contributed by atoms with Crippen LogP contribution < -0.4 is 16.0 Å². The van der Waals surface area contributed by atoms with Crippen LogP contribution in [0.5, 0.6) is 0 Å². The van der Waals surface area contributed by atoms with E-state index in [1.165, 1.54) is 0 Å². The number of hydrogen-bond acceptors (Lipinski definition) is 3. The Morgan fingerprint density at radius 3 is 2.33 bits per heavy atom. The summed E-state index contributed by atoms with van der Waals surface area (Å²) in [6.07, 6.45) is 2.87. The van der Waals surface area contributed by atoms with Crippen LogP contribution in [0.15, 0.2) is 0 Å². The molecular weight excluding hydrogens is 274 g/mol. The van der Waals surface area contributed by atoms with Gasteiger partial charge in [0.25, 0.3) is 0 Å². The van der Waals surface area contributed by atoms with Gasteiger partial charge in [0.15, 0.2) is 0 Å². The summed E-state index contributed by atoms with van der Waals surface area (Å²) in [5.74, 6) is -1.38. The van der Waals surface area contributed by atoms with Crippen molar-refractivity contribution in [2.45, 2.75) is 52.5 Å². The van der Waals surface area contributed by atoms with Gasteiger partial charge in [-0.25, -0.2) is 4.79 Å². The summed E-state index contributed by atoms with van der Waals surface area (Å²) in [5, 5.41) is 16.6. The van der Waals surface area contributed by atoms with Gasteiger partial charge in [-0.15, -0.1) is 0 Å². The highest BCUT2D eigenvalue weighted by atomic mass is 16.4. The number of amides is 3. The van der Waals surface area contributed by atoms with E-state index in [1.807, 2.05) is 13.8 Å². The molecule has 0 spiro atoms. The molecule has 2 atom stereocenters. The quantitative estimate of drug-likeness (QED) is 0.484. The van der Waals surface area contributed by atoms with Crippen molar-refractivity contribution in [1.82, 2.24) is 16.0 Å². The molecule has 122 valence electrons. The van der Waals surface area contributed by atoms with Gasteiger partial charge in [-0.3, -0.25) is 9.59 Å². The number of nitrogens with one attached hydrogen (secondary N) is 3. The van der Waals surface area contributed by atoms with Gasteiger partial charge < -0.3 is 21.1 Å². The Labute approximate surface area is 125 Å². The summed E-state index contributed by atoms with van der Waals surface area (Å²) in [6, 6.07) is -0.454. The van der Waals surface area contributed by atoms with Gasteiger partial charge in [-0.05, 0) is 26.2 Å². The number of carbonyl (C=O) groups is 3. The summed E-state index contributed by atoms with van der Waals surface area (Å²) in [6.45, 7) is 6.02. The average Bonchev–Trinajstić information content (AvgIpc) is 2.42. The molecule has 2 unspecified atom stereocenters. The number of urea groups is 1. The topological polar surface area (TPSA) is 108 Å². The van der Waals surface area contributed by atoms with Crippen molar-refractivity contribution >= 4 is 17.9 Å². The molecule has 0 fully saturated rings. The molecule has 0 aromatic rings. The third kappa shape index (κ3) is 10.6. The zero-order valence-electron chi connectivity index (χ0n) is 13.1. The van der Waals surface area contributed by atoms with E-state index >= 15 is 0 Å². The lowest BCUT2D eigenvalue weighted by Gasteiger charge is -2.15.